The Balaban J connectivity index is 1.72. The van der Waals surface area contributed by atoms with Crippen molar-refractivity contribution in [2.45, 2.75) is 38.3 Å². The Bertz CT molecular complexity index is 771. The van der Waals surface area contributed by atoms with Crippen LogP contribution in [0.3, 0.4) is 0 Å². The molecule has 8 heteroatoms. The van der Waals surface area contributed by atoms with Crippen LogP contribution >= 0.6 is 0 Å². The van der Waals surface area contributed by atoms with Crippen molar-refractivity contribution < 1.29 is 19.1 Å². The molecule has 2 aromatic rings. The smallest absolute Gasteiger partial charge is 0.358 e. The van der Waals surface area contributed by atoms with Crippen LogP contribution in [0, 0.1) is 11.7 Å². The monoisotopic (exact) mass is 346 g/mol. The molecule has 1 aliphatic carbocycles. The van der Waals surface area contributed by atoms with E-state index in [1.807, 2.05) is 6.07 Å². The predicted molar refractivity (Wildman–Crippen MR) is 86.2 cm³/mol. The maximum atomic E-state index is 13.6. The molecule has 1 fully saturated rings. The van der Waals surface area contributed by atoms with Crippen LogP contribution in [0.2, 0.25) is 0 Å². The third-order valence-corrected chi connectivity index (χ3v) is 4.46. The van der Waals surface area contributed by atoms with Crippen molar-refractivity contribution in [2.24, 2.45) is 5.92 Å². The first-order valence-corrected chi connectivity index (χ1v) is 8.21. The maximum absolute atomic E-state index is 13.6. The summed E-state index contributed by atoms with van der Waals surface area (Å²) < 4.78 is 14.8. The number of nitrogens with zero attached hydrogens (tertiary/aromatic N) is 3. The largest absolute Gasteiger partial charge is 0.476 e. The average Bonchev–Trinajstić information content (AvgIpc) is 3.24. The highest BCUT2D eigenvalue weighted by Crippen LogP contribution is 2.35. The van der Waals surface area contributed by atoms with Crippen LogP contribution in [0.1, 0.15) is 47.8 Å². The summed E-state index contributed by atoms with van der Waals surface area (Å²) in [5, 5.41) is 18.9. The number of carboxylic acid groups (broad SMARTS) is 1. The van der Waals surface area contributed by atoms with Gasteiger partial charge in [-0.3, -0.25) is 4.79 Å². The molecule has 0 bridgehead atoms. The van der Waals surface area contributed by atoms with Crippen molar-refractivity contribution in [1.82, 2.24) is 20.3 Å². The topological polar surface area (TPSA) is 97.1 Å². The van der Waals surface area contributed by atoms with Gasteiger partial charge in [0.1, 0.15) is 12.4 Å². The third kappa shape index (κ3) is 4.20. The summed E-state index contributed by atoms with van der Waals surface area (Å²) in [6.45, 7) is -0.140. The molecule has 1 aromatic carbocycles. The van der Waals surface area contributed by atoms with Crippen molar-refractivity contribution >= 4 is 11.9 Å². The average molecular weight is 346 g/mol. The highest BCUT2D eigenvalue weighted by molar-refractivity contribution is 5.84. The quantitative estimate of drug-likeness (QED) is 0.835. The van der Waals surface area contributed by atoms with E-state index in [0.29, 0.717) is 0 Å². The number of hydrogen-bond donors (Lipinski definition) is 2. The van der Waals surface area contributed by atoms with Gasteiger partial charge in [0.15, 0.2) is 5.69 Å². The van der Waals surface area contributed by atoms with Crippen molar-refractivity contribution in [3.05, 3.63) is 47.5 Å². The number of carbonyl (C=O) groups is 2. The predicted octanol–water partition coefficient (Wildman–Crippen LogP) is 2.16. The van der Waals surface area contributed by atoms with Gasteiger partial charge in [0, 0.05) is 0 Å². The Morgan fingerprint density at radius 3 is 2.76 bits per heavy atom. The minimum atomic E-state index is -1.20. The van der Waals surface area contributed by atoms with E-state index >= 15 is 0 Å². The zero-order valence-corrected chi connectivity index (χ0v) is 13.6. The number of carbonyl (C=O) groups excluding carboxylic acids is 1. The molecule has 0 radical (unpaired) electrons. The van der Waals surface area contributed by atoms with E-state index < -0.39 is 5.97 Å². The van der Waals surface area contributed by atoms with Crippen LogP contribution in [0.5, 0.6) is 0 Å². The van der Waals surface area contributed by atoms with Crippen molar-refractivity contribution in [2.75, 3.05) is 0 Å². The molecule has 0 spiro atoms. The van der Waals surface area contributed by atoms with Crippen molar-refractivity contribution in [3.8, 4) is 0 Å². The highest BCUT2D eigenvalue weighted by atomic mass is 19.1. The number of nitrogens with one attached hydrogen (secondary N) is 1. The zero-order valence-electron chi connectivity index (χ0n) is 13.6. The van der Waals surface area contributed by atoms with E-state index in [1.165, 1.54) is 23.0 Å². The number of amides is 1. The van der Waals surface area contributed by atoms with Crippen LogP contribution in [-0.4, -0.2) is 32.0 Å². The summed E-state index contributed by atoms with van der Waals surface area (Å²) in [5.41, 5.74) is 0.523. The van der Waals surface area contributed by atoms with Crippen LogP contribution in [0.4, 0.5) is 4.39 Å². The van der Waals surface area contributed by atoms with Crippen molar-refractivity contribution in [1.29, 1.82) is 0 Å². The zero-order chi connectivity index (χ0) is 17.8. The first-order chi connectivity index (χ1) is 12.0. The van der Waals surface area contributed by atoms with E-state index in [0.717, 1.165) is 31.2 Å². The summed E-state index contributed by atoms with van der Waals surface area (Å²) in [7, 11) is 0. The molecule has 2 N–H and O–H groups in total. The second-order valence-corrected chi connectivity index (χ2v) is 6.25. The lowest BCUT2D eigenvalue weighted by Crippen LogP contribution is -2.35. The SMILES string of the molecule is O=C(Cn1cc(C(=O)O)nn1)NC(c1cccc(F)c1)C1CCCC1. The fourth-order valence-electron chi connectivity index (χ4n) is 3.30. The van der Waals surface area contributed by atoms with E-state index in [9.17, 15) is 14.0 Å². The molecule has 3 rings (SSSR count). The molecule has 1 saturated carbocycles. The number of halogens is 1. The number of hydrogen-bond acceptors (Lipinski definition) is 4. The molecule has 0 saturated heterocycles. The molecule has 0 aliphatic heterocycles. The Morgan fingerprint density at radius 2 is 2.12 bits per heavy atom. The van der Waals surface area contributed by atoms with Gasteiger partial charge >= 0.3 is 5.97 Å². The fraction of sp³-hybridized carbons (Fsp3) is 0.412. The summed E-state index contributed by atoms with van der Waals surface area (Å²) >= 11 is 0. The summed E-state index contributed by atoms with van der Waals surface area (Å²) in [5.74, 6) is -1.59. The molecular weight excluding hydrogens is 327 g/mol. The van der Waals surface area contributed by atoms with E-state index in [-0.39, 0.29) is 35.9 Å². The van der Waals surface area contributed by atoms with Crippen LogP contribution in [0.15, 0.2) is 30.5 Å². The third-order valence-electron chi connectivity index (χ3n) is 4.46. The summed E-state index contributed by atoms with van der Waals surface area (Å²) in [6, 6.07) is 5.99. The van der Waals surface area contributed by atoms with Gasteiger partial charge in [-0.15, -0.1) is 5.10 Å². The number of carboxylic acids is 1. The van der Waals surface area contributed by atoms with E-state index in [2.05, 4.69) is 15.6 Å². The molecule has 1 unspecified atom stereocenters. The van der Waals surface area contributed by atoms with Crippen LogP contribution in [0.25, 0.3) is 0 Å². The van der Waals surface area contributed by atoms with Gasteiger partial charge in [-0.1, -0.05) is 30.2 Å². The summed E-state index contributed by atoms with van der Waals surface area (Å²) in [6.07, 6.45) is 5.35. The molecule has 1 amide bonds. The molecule has 1 heterocycles. The van der Waals surface area contributed by atoms with Gasteiger partial charge in [-0.2, -0.15) is 0 Å². The normalized spacial score (nSPS) is 15.9. The van der Waals surface area contributed by atoms with Gasteiger partial charge in [0.25, 0.3) is 0 Å². The number of rotatable bonds is 6. The van der Waals surface area contributed by atoms with Gasteiger partial charge in [0.05, 0.1) is 12.2 Å². The highest BCUT2D eigenvalue weighted by Gasteiger charge is 2.28. The second-order valence-electron chi connectivity index (χ2n) is 6.25. The lowest BCUT2D eigenvalue weighted by Gasteiger charge is -2.25. The lowest BCUT2D eigenvalue weighted by molar-refractivity contribution is -0.123. The lowest BCUT2D eigenvalue weighted by atomic mass is 9.91. The molecular formula is C17H19FN4O3. The van der Waals surface area contributed by atoms with Gasteiger partial charge < -0.3 is 10.4 Å². The summed E-state index contributed by atoms with van der Waals surface area (Å²) in [4.78, 5) is 23.2. The Kier molecular flexibility index (Phi) is 5.06. The second kappa shape index (κ2) is 7.42. The standard InChI is InChI=1S/C17H19FN4O3/c18-13-7-3-6-12(8-13)16(11-4-1-2-5-11)19-15(23)10-22-9-14(17(24)25)20-21-22/h3,6-9,11,16H,1-2,4-5,10H2,(H,19,23)(H,24,25). The number of aromatic nitrogens is 3. The molecule has 1 aliphatic rings. The molecule has 1 atom stereocenters. The molecule has 1 aromatic heterocycles. The number of aromatic carboxylic acids is 1. The van der Waals surface area contributed by atoms with E-state index in [1.54, 1.807) is 6.07 Å². The first kappa shape index (κ1) is 17.1. The molecule has 25 heavy (non-hydrogen) atoms. The molecule has 132 valence electrons. The maximum Gasteiger partial charge on any atom is 0.358 e. The Labute approximate surface area is 143 Å². The fourth-order valence-corrected chi connectivity index (χ4v) is 3.30. The Morgan fingerprint density at radius 1 is 1.36 bits per heavy atom. The molecule has 7 nitrogen and oxygen atoms in total. The van der Waals surface area contributed by atoms with E-state index in [4.69, 9.17) is 5.11 Å². The van der Waals surface area contributed by atoms with Crippen molar-refractivity contribution in [3.63, 3.8) is 0 Å². The van der Waals surface area contributed by atoms with Crippen LogP contribution in [-0.2, 0) is 11.3 Å². The minimum absolute atomic E-state index is 0.140. The van der Waals surface area contributed by atoms with Gasteiger partial charge in [-0.05, 0) is 36.5 Å². The van der Waals surface area contributed by atoms with Gasteiger partial charge in [-0.25, -0.2) is 13.9 Å². The Hall–Kier alpha value is -2.77. The minimum Gasteiger partial charge on any atom is -0.476 e. The first-order valence-electron chi connectivity index (χ1n) is 8.21. The van der Waals surface area contributed by atoms with Gasteiger partial charge in [0.2, 0.25) is 5.91 Å². The van der Waals surface area contributed by atoms with Crippen LogP contribution < -0.4 is 5.32 Å². The number of benzene rings is 1.